The van der Waals surface area contributed by atoms with Gasteiger partial charge >= 0.3 is 5.97 Å². The van der Waals surface area contributed by atoms with E-state index in [-0.39, 0.29) is 16.8 Å². The van der Waals surface area contributed by atoms with Crippen LogP contribution in [0.2, 0.25) is 5.02 Å². The van der Waals surface area contributed by atoms with Crippen molar-refractivity contribution < 1.29 is 9.90 Å². The van der Waals surface area contributed by atoms with E-state index in [1.165, 1.54) is 12.4 Å². The molecule has 0 amide bonds. The molecule has 1 aliphatic carbocycles. The summed E-state index contributed by atoms with van der Waals surface area (Å²) in [4.78, 5) is 19.6. The molecule has 1 N–H and O–H groups in total. The number of carboxylic acid groups (broad SMARTS) is 1. The van der Waals surface area contributed by atoms with Crippen molar-refractivity contribution in [3.8, 4) is 12.1 Å². The number of nitrogens with zero attached hydrogens (tertiary/aromatic N) is 4. The third kappa shape index (κ3) is 2.00. The van der Waals surface area contributed by atoms with E-state index in [0.717, 1.165) is 0 Å². The molecule has 6 nitrogen and oxygen atoms in total. The first-order chi connectivity index (χ1) is 9.07. The molecule has 0 aliphatic heterocycles. The third-order valence-corrected chi connectivity index (χ3v) is 3.47. The van der Waals surface area contributed by atoms with Crippen molar-refractivity contribution >= 4 is 17.6 Å². The van der Waals surface area contributed by atoms with Gasteiger partial charge in [-0.2, -0.15) is 10.5 Å². The van der Waals surface area contributed by atoms with Gasteiger partial charge in [-0.1, -0.05) is 11.6 Å². The number of carbonyl (C=O) groups is 1. The van der Waals surface area contributed by atoms with Gasteiger partial charge in [-0.05, 0) is 18.8 Å². The predicted octanol–water partition coefficient (Wildman–Crippen LogP) is 1.53. The van der Waals surface area contributed by atoms with Crippen LogP contribution < -0.4 is 0 Å². The third-order valence-electron chi connectivity index (χ3n) is 3.28. The van der Waals surface area contributed by atoms with Gasteiger partial charge in [0.1, 0.15) is 5.82 Å². The first-order valence-electron chi connectivity index (χ1n) is 5.58. The zero-order valence-electron chi connectivity index (χ0n) is 9.75. The molecular formula is C12H9ClN4O2. The Labute approximate surface area is 114 Å². The van der Waals surface area contributed by atoms with Crippen LogP contribution in [0.25, 0.3) is 0 Å². The fraction of sp³-hybridized carbons (Fsp3) is 0.417. The van der Waals surface area contributed by atoms with Crippen LogP contribution in [0.15, 0.2) is 12.4 Å². The van der Waals surface area contributed by atoms with E-state index < -0.39 is 17.3 Å². The maximum absolute atomic E-state index is 11.7. The normalized spacial score (nSPS) is 17.3. The van der Waals surface area contributed by atoms with E-state index >= 15 is 0 Å². The number of hydrogen-bond acceptors (Lipinski definition) is 5. The Bertz CT molecular complexity index is 571. The fourth-order valence-corrected chi connectivity index (χ4v) is 2.34. The summed E-state index contributed by atoms with van der Waals surface area (Å²) >= 11 is 5.68. The molecule has 7 heteroatoms. The Kier molecular flexibility index (Phi) is 3.37. The van der Waals surface area contributed by atoms with Crippen LogP contribution in [0.4, 0.5) is 0 Å². The van der Waals surface area contributed by atoms with E-state index in [4.69, 9.17) is 22.1 Å². The van der Waals surface area contributed by atoms with Crippen molar-refractivity contribution in [2.75, 3.05) is 0 Å². The van der Waals surface area contributed by atoms with Crippen LogP contribution in [0.5, 0.6) is 0 Å². The lowest BCUT2D eigenvalue weighted by Gasteiger charge is -2.28. The Morgan fingerprint density at radius 2 is 1.95 bits per heavy atom. The van der Waals surface area contributed by atoms with Crippen LogP contribution in [-0.2, 0) is 10.2 Å². The smallest absolute Gasteiger partial charge is 0.320 e. The van der Waals surface area contributed by atoms with Gasteiger partial charge in [0, 0.05) is 12.4 Å². The maximum Gasteiger partial charge on any atom is 0.320 e. The average Bonchev–Trinajstić information content (AvgIpc) is 3.21. The van der Waals surface area contributed by atoms with E-state index in [0.29, 0.717) is 12.8 Å². The highest BCUT2D eigenvalue weighted by Gasteiger charge is 2.60. The van der Waals surface area contributed by atoms with Gasteiger partial charge in [-0.3, -0.25) is 4.79 Å². The molecule has 1 heterocycles. The number of hydrogen-bond donors (Lipinski definition) is 1. The lowest BCUT2D eigenvalue weighted by Crippen LogP contribution is -2.45. The van der Waals surface area contributed by atoms with Crippen molar-refractivity contribution in [1.82, 2.24) is 9.97 Å². The highest BCUT2D eigenvalue weighted by atomic mass is 35.5. The molecule has 1 fully saturated rings. The molecule has 19 heavy (non-hydrogen) atoms. The molecule has 1 aliphatic rings. The number of aliphatic carboxylic acids is 1. The predicted molar refractivity (Wildman–Crippen MR) is 63.8 cm³/mol. The quantitative estimate of drug-likeness (QED) is 0.892. The van der Waals surface area contributed by atoms with Gasteiger partial charge in [-0.15, -0.1) is 0 Å². The minimum atomic E-state index is -1.67. The first kappa shape index (κ1) is 13.3. The maximum atomic E-state index is 11.7. The second-order valence-electron chi connectivity index (χ2n) is 4.36. The Morgan fingerprint density at radius 1 is 1.42 bits per heavy atom. The molecule has 0 radical (unpaired) electrons. The van der Waals surface area contributed by atoms with Crippen LogP contribution >= 0.6 is 11.6 Å². The second kappa shape index (κ2) is 4.83. The van der Waals surface area contributed by atoms with E-state index in [1.807, 2.05) is 0 Å². The zero-order valence-corrected chi connectivity index (χ0v) is 10.5. The Balaban J connectivity index is 2.63. The number of nitriles is 2. The summed E-state index contributed by atoms with van der Waals surface area (Å²) in [5.41, 5.74) is -1.67. The molecule has 2 rings (SSSR count). The molecule has 1 saturated carbocycles. The monoisotopic (exact) mass is 276 g/mol. The van der Waals surface area contributed by atoms with Crippen molar-refractivity contribution in [3.63, 3.8) is 0 Å². The number of rotatable bonds is 4. The molecule has 1 aromatic heterocycles. The Morgan fingerprint density at radius 3 is 2.32 bits per heavy atom. The molecule has 0 bridgehead atoms. The van der Waals surface area contributed by atoms with Crippen LogP contribution in [0, 0.1) is 34.5 Å². The van der Waals surface area contributed by atoms with Crippen LogP contribution in [-0.4, -0.2) is 21.0 Å². The molecule has 1 unspecified atom stereocenters. The van der Waals surface area contributed by atoms with Gasteiger partial charge in [0.15, 0.2) is 11.3 Å². The molecule has 96 valence electrons. The van der Waals surface area contributed by atoms with Crippen molar-refractivity contribution in [2.45, 2.75) is 18.3 Å². The molecular weight excluding hydrogens is 268 g/mol. The molecule has 1 atom stereocenters. The highest BCUT2D eigenvalue weighted by molar-refractivity contribution is 6.30. The summed E-state index contributed by atoms with van der Waals surface area (Å²) in [7, 11) is 0. The SMILES string of the molecule is N#CC(C#N)C(C(=O)O)(c1ncc(Cl)cn1)C1CC1. The number of carboxylic acids is 1. The van der Waals surface area contributed by atoms with Gasteiger partial charge in [-0.25, -0.2) is 9.97 Å². The van der Waals surface area contributed by atoms with E-state index in [1.54, 1.807) is 12.1 Å². The van der Waals surface area contributed by atoms with Crippen molar-refractivity contribution in [1.29, 1.82) is 10.5 Å². The van der Waals surface area contributed by atoms with Crippen LogP contribution in [0.1, 0.15) is 18.7 Å². The lowest BCUT2D eigenvalue weighted by atomic mass is 9.71. The van der Waals surface area contributed by atoms with E-state index in [2.05, 4.69) is 9.97 Å². The van der Waals surface area contributed by atoms with E-state index in [9.17, 15) is 9.90 Å². The first-order valence-corrected chi connectivity index (χ1v) is 5.95. The van der Waals surface area contributed by atoms with Gasteiger partial charge in [0.05, 0.1) is 17.2 Å². The topological polar surface area (TPSA) is 111 Å². The Hall–Kier alpha value is -2.18. The zero-order chi connectivity index (χ0) is 14.0. The van der Waals surface area contributed by atoms with Gasteiger partial charge in [0.2, 0.25) is 0 Å². The lowest BCUT2D eigenvalue weighted by molar-refractivity contribution is -0.146. The summed E-state index contributed by atoms with van der Waals surface area (Å²) < 4.78 is 0. The van der Waals surface area contributed by atoms with Crippen molar-refractivity contribution in [2.24, 2.45) is 11.8 Å². The molecule has 1 aromatic rings. The standard InChI is InChI=1S/C12H9ClN4O2/c13-9-5-16-10(17-6-9)12(11(18)19,7-1-2-7)8(3-14)4-15/h5-8H,1-2H2,(H,18,19). The second-order valence-corrected chi connectivity index (χ2v) is 4.80. The van der Waals surface area contributed by atoms with Gasteiger partial charge in [0.25, 0.3) is 0 Å². The summed E-state index contributed by atoms with van der Waals surface area (Å²) in [6, 6.07) is 3.51. The number of aromatic nitrogens is 2. The fourth-order valence-electron chi connectivity index (χ4n) is 2.24. The van der Waals surface area contributed by atoms with Gasteiger partial charge < -0.3 is 5.11 Å². The molecule has 0 saturated heterocycles. The minimum absolute atomic E-state index is 0.0278. The summed E-state index contributed by atoms with van der Waals surface area (Å²) in [5.74, 6) is -2.90. The average molecular weight is 277 g/mol. The molecule has 0 spiro atoms. The summed E-state index contributed by atoms with van der Waals surface area (Å²) in [6.07, 6.45) is 3.82. The summed E-state index contributed by atoms with van der Waals surface area (Å²) in [6.45, 7) is 0. The summed E-state index contributed by atoms with van der Waals surface area (Å²) in [5, 5.41) is 28.0. The molecule has 0 aromatic carbocycles. The minimum Gasteiger partial charge on any atom is -0.480 e. The largest absolute Gasteiger partial charge is 0.480 e. The van der Waals surface area contributed by atoms with Crippen molar-refractivity contribution in [3.05, 3.63) is 23.2 Å². The highest BCUT2D eigenvalue weighted by Crippen LogP contribution is 2.50. The van der Waals surface area contributed by atoms with Crippen LogP contribution in [0.3, 0.4) is 0 Å². The number of halogens is 1.